The van der Waals surface area contributed by atoms with Crippen molar-refractivity contribution in [2.45, 2.75) is 19.0 Å². The molecule has 0 spiro atoms. The van der Waals surface area contributed by atoms with Crippen LogP contribution in [0.4, 0.5) is 13.2 Å². The number of rotatable bonds is 5. The standard InChI is InChI=1S/C18H20F3N3OS.2ClH/c1-22-9-12-5-6-24(10-12)16(25)8-15-11-26-17(23-15)13-3-2-4-14(7-13)18(19,20)21;;/h2-4,7,11-12,22H,5-6,8-10H2,1H3;2*1H. The lowest BCUT2D eigenvalue weighted by molar-refractivity contribution is -0.137. The molecule has 28 heavy (non-hydrogen) atoms. The molecule has 2 heterocycles. The zero-order chi connectivity index (χ0) is 18.7. The van der Waals surface area contributed by atoms with Crippen LogP contribution >= 0.6 is 36.2 Å². The Morgan fingerprint density at radius 2 is 2.11 bits per heavy atom. The molecule has 10 heteroatoms. The van der Waals surface area contributed by atoms with Gasteiger partial charge in [0.2, 0.25) is 5.91 Å². The summed E-state index contributed by atoms with van der Waals surface area (Å²) in [6.07, 6.45) is -3.22. The van der Waals surface area contributed by atoms with Crippen molar-refractivity contribution in [2.24, 2.45) is 5.92 Å². The molecule has 1 aliphatic rings. The van der Waals surface area contributed by atoms with Crippen LogP contribution in [0.2, 0.25) is 0 Å². The Morgan fingerprint density at radius 1 is 1.36 bits per heavy atom. The van der Waals surface area contributed by atoms with Gasteiger partial charge in [0.25, 0.3) is 0 Å². The van der Waals surface area contributed by atoms with Gasteiger partial charge in [-0.15, -0.1) is 36.2 Å². The van der Waals surface area contributed by atoms with Crippen molar-refractivity contribution in [1.82, 2.24) is 15.2 Å². The van der Waals surface area contributed by atoms with E-state index in [1.54, 1.807) is 11.4 Å². The number of alkyl halides is 3. The van der Waals surface area contributed by atoms with Crippen molar-refractivity contribution < 1.29 is 18.0 Å². The molecule has 1 aliphatic heterocycles. The van der Waals surface area contributed by atoms with E-state index in [0.717, 1.165) is 38.2 Å². The summed E-state index contributed by atoms with van der Waals surface area (Å²) < 4.78 is 38.5. The van der Waals surface area contributed by atoms with Crippen LogP contribution in [0.25, 0.3) is 10.6 Å². The normalized spacial score (nSPS) is 16.4. The minimum Gasteiger partial charge on any atom is -0.342 e. The van der Waals surface area contributed by atoms with Gasteiger partial charge in [-0.3, -0.25) is 4.79 Å². The quantitative estimate of drug-likeness (QED) is 0.731. The Morgan fingerprint density at radius 3 is 2.79 bits per heavy atom. The maximum atomic E-state index is 12.8. The molecule has 1 aromatic heterocycles. The molecule has 0 aliphatic carbocycles. The lowest BCUT2D eigenvalue weighted by Crippen LogP contribution is -2.31. The number of benzene rings is 1. The Labute approximate surface area is 178 Å². The van der Waals surface area contributed by atoms with Crippen LogP contribution in [0.1, 0.15) is 17.7 Å². The van der Waals surface area contributed by atoms with Gasteiger partial charge in [0.15, 0.2) is 0 Å². The van der Waals surface area contributed by atoms with Gasteiger partial charge in [0.1, 0.15) is 5.01 Å². The Bertz CT molecular complexity index is 785. The van der Waals surface area contributed by atoms with E-state index >= 15 is 0 Å². The van der Waals surface area contributed by atoms with Gasteiger partial charge in [0, 0.05) is 24.0 Å². The third-order valence-corrected chi connectivity index (χ3v) is 5.39. The first-order valence-corrected chi connectivity index (χ1v) is 9.29. The lowest BCUT2D eigenvalue weighted by atomic mass is 10.1. The Kier molecular flexibility index (Phi) is 9.20. The van der Waals surface area contributed by atoms with E-state index in [2.05, 4.69) is 10.3 Å². The van der Waals surface area contributed by atoms with Gasteiger partial charge < -0.3 is 10.2 Å². The molecule has 4 nitrogen and oxygen atoms in total. The third kappa shape index (κ3) is 6.07. The SMILES string of the molecule is CNCC1CCN(C(=O)Cc2csc(-c3cccc(C(F)(F)F)c3)n2)C1.Cl.Cl. The molecule has 0 bridgehead atoms. The smallest absolute Gasteiger partial charge is 0.342 e. The molecule has 2 aromatic rings. The number of nitrogens with zero attached hydrogens (tertiary/aromatic N) is 2. The number of likely N-dealkylation sites (tertiary alicyclic amines) is 1. The van der Waals surface area contributed by atoms with Crippen LogP contribution in [0.3, 0.4) is 0 Å². The predicted molar refractivity (Wildman–Crippen MR) is 109 cm³/mol. The molecule has 1 aromatic carbocycles. The summed E-state index contributed by atoms with van der Waals surface area (Å²) >= 11 is 1.26. The molecule has 1 saturated heterocycles. The van der Waals surface area contributed by atoms with Crippen molar-refractivity contribution in [3.63, 3.8) is 0 Å². The first-order valence-electron chi connectivity index (χ1n) is 8.41. The summed E-state index contributed by atoms with van der Waals surface area (Å²) in [5.41, 5.74) is 0.318. The van der Waals surface area contributed by atoms with Gasteiger partial charge in [-0.1, -0.05) is 12.1 Å². The number of hydrogen-bond donors (Lipinski definition) is 1. The number of carbonyl (C=O) groups excluding carboxylic acids is 1. The van der Waals surface area contributed by atoms with Crippen LogP contribution < -0.4 is 5.32 Å². The van der Waals surface area contributed by atoms with E-state index in [1.165, 1.54) is 17.4 Å². The molecule has 1 atom stereocenters. The number of carbonyl (C=O) groups is 1. The molecule has 1 N–H and O–H groups in total. The maximum absolute atomic E-state index is 12.8. The fourth-order valence-corrected chi connectivity index (χ4v) is 3.95. The van der Waals surface area contributed by atoms with Gasteiger partial charge in [-0.05, 0) is 38.1 Å². The largest absolute Gasteiger partial charge is 0.416 e. The molecule has 1 fully saturated rings. The van der Waals surface area contributed by atoms with E-state index < -0.39 is 11.7 Å². The maximum Gasteiger partial charge on any atom is 0.416 e. The molecule has 1 unspecified atom stereocenters. The minimum atomic E-state index is -4.38. The molecule has 0 radical (unpaired) electrons. The summed E-state index contributed by atoms with van der Waals surface area (Å²) in [4.78, 5) is 18.6. The average Bonchev–Trinajstić information content (AvgIpc) is 3.24. The first-order chi connectivity index (χ1) is 12.4. The summed E-state index contributed by atoms with van der Waals surface area (Å²) in [6.45, 7) is 2.38. The van der Waals surface area contributed by atoms with Crippen LogP contribution in [0.5, 0.6) is 0 Å². The number of aromatic nitrogens is 1. The number of amides is 1. The second-order valence-corrected chi connectivity index (χ2v) is 7.31. The second kappa shape index (κ2) is 10.4. The van der Waals surface area contributed by atoms with E-state index in [9.17, 15) is 18.0 Å². The summed E-state index contributed by atoms with van der Waals surface area (Å²) in [5.74, 6) is 0.490. The summed E-state index contributed by atoms with van der Waals surface area (Å²) in [7, 11) is 1.90. The highest BCUT2D eigenvalue weighted by atomic mass is 35.5. The van der Waals surface area contributed by atoms with E-state index in [-0.39, 0.29) is 37.1 Å². The van der Waals surface area contributed by atoms with Crippen LogP contribution in [0.15, 0.2) is 29.6 Å². The molecule has 156 valence electrons. The molecule has 1 amide bonds. The highest BCUT2D eigenvalue weighted by Crippen LogP contribution is 2.33. The zero-order valence-electron chi connectivity index (χ0n) is 15.2. The Balaban J connectivity index is 0.00000196. The van der Waals surface area contributed by atoms with Gasteiger partial charge in [-0.25, -0.2) is 4.98 Å². The second-order valence-electron chi connectivity index (χ2n) is 6.45. The van der Waals surface area contributed by atoms with E-state index in [1.807, 2.05) is 11.9 Å². The predicted octanol–water partition coefficient (Wildman–Crippen LogP) is 4.28. The minimum absolute atomic E-state index is 0. The third-order valence-electron chi connectivity index (χ3n) is 4.45. The van der Waals surface area contributed by atoms with Gasteiger partial charge >= 0.3 is 6.18 Å². The van der Waals surface area contributed by atoms with E-state index in [0.29, 0.717) is 22.2 Å². The Hall–Kier alpha value is -1.35. The van der Waals surface area contributed by atoms with Crippen molar-refractivity contribution in [2.75, 3.05) is 26.7 Å². The van der Waals surface area contributed by atoms with Crippen molar-refractivity contribution in [3.05, 3.63) is 40.9 Å². The monoisotopic (exact) mass is 455 g/mol. The number of nitrogens with one attached hydrogen (secondary N) is 1. The summed E-state index contributed by atoms with van der Waals surface area (Å²) in [5, 5.41) is 5.37. The van der Waals surface area contributed by atoms with Crippen LogP contribution in [-0.2, 0) is 17.4 Å². The highest BCUT2D eigenvalue weighted by molar-refractivity contribution is 7.13. The van der Waals surface area contributed by atoms with Crippen molar-refractivity contribution >= 4 is 42.1 Å². The van der Waals surface area contributed by atoms with Crippen molar-refractivity contribution in [3.8, 4) is 10.6 Å². The van der Waals surface area contributed by atoms with Crippen LogP contribution in [-0.4, -0.2) is 42.5 Å². The number of hydrogen-bond acceptors (Lipinski definition) is 4. The molecular formula is C18H22Cl2F3N3OS. The molecular weight excluding hydrogens is 434 g/mol. The van der Waals surface area contributed by atoms with Gasteiger partial charge in [0.05, 0.1) is 17.7 Å². The van der Waals surface area contributed by atoms with Crippen molar-refractivity contribution in [1.29, 1.82) is 0 Å². The lowest BCUT2D eigenvalue weighted by Gasteiger charge is -2.15. The van der Waals surface area contributed by atoms with Crippen LogP contribution in [0, 0.1) is 5.92 Å². The topological polar surface area (TPSA) is 45.2 Å². The first kappa shape index (κ1) is 24.7. The average molecular weight is 456 g/mol. The molecule has 3 rings (SSSR count). The number of halogens is 5. The summed E-state index contributed by atoms with van der Waals surface area (Å²) in [6, 6.07) is 5.10. The van der Waals surface area contributed by atoms with Gasteiger partial charge in [-0.2, -0.15) is 13.2 Å². The van der Waals surface area contributed by atoms with E-state index in [4.69, 9.17) is 0 Å². The highest BCUT2D eigenvalue weighted by Gasteiger charge is 2.31. The number of thiazole rings is 1. The zero-order valence-corrected chi connectivity index (χ0v) is 17.6. The fraction of sp³-hybridized carbons (Fsp3) is 0.444. The fourth-order valence-electron chi connectivity index (χ4n) is 3.13. The molecule has 0 saturated carbocycles.